The SMILES string of the molecule is C=C(OCc1ccc(OC(C)C)cc1)N(Cc1ccc(OC)cc1C)C1CCNCC1. The summed E-state index contributed by atoms with van der Waals surface area (Å²) in [5.74, 6) is 2.49. The summed E-state index contributed by atoms with van der Waals surface area (Å²) in [6.45, 7) is 13.8. The Kier molecular flexibility index (Phi) is 8.24. The Bertz CT molecular complexity index is 842. The first-order valence-corrected chi connectivity index (χ1v) is 11.1. The lowest BCUT2D eigenvalue weighted by Gasteiger charge is -2.37. The van der Waals surface area contributed by atoms with Crippen LogP contribution < -0.4 is 14.8 Å². The molecule has 0 radical (unpaired) electrons. The largest absolute Gasteiger partial charge is 0.497 e. The molecule has 3 rings (SSSR count). The van der Waals surface area contributed by atoms with Crippen LogP contribution in [0.5, 0.6) is 11.5 Å². The molecule has 0 unspecified atom stereocenters. The number of piperidine rings is 1. The van der Waals surface area contributed by atoms with E-state index in [2.05, 4.69) is 35.9 Å². The maximum atomic E-state index is 6.17. The summed E-state index contributed by atoms with van der Waals surface area (Å²) in [6.07, 6.45) is 2.33. The predicted octanol–water partition coefficient (Wildman–Crippen LogP) is 5.03. The van der Waals surface area contributed by atoms with Crippen molar-refractivity contribution < 1.29 is 14.2 Å². The number of methoxy groups -OCH3 is 1. The van der Waals surface area contributed by atoms with Gasteiger partial charge >= 0.3 is 0 Å². The van der Waals surface area contributed by atoms with Gasteiger partial charge < -0.3 is 24.4 Å². The van der Waals surface area contributed by atoms with Crippen LogP contribution in [0.15, 0.2) is 54.9 Å². The fourth-order valence-electron chi connectivity index (χ4n) is 3.88. The van der Waals surface area contributed by atoms with Crippen molar-refractivity contribution in [1.82, 2.24) is 10.2 Å². The Morgan fingerprint density at radius 2 is 1.77 bits per heavy atom. The van der Waals surface area contributed by atoms with Gasteiger partial charge in [-0.15, -0.1) is 0 Å². The third kappa shape index (κ3) is 6.66. The fraction of sp³-hybridized carbons (Fsp3) is 0.462. The van der Waals surface area contributed by atoms with E-state index in [4.69, 9.17) is 14.2 Å². The van der Waals surface area contributed by atoms with Gasteiger partial charge in [-0.1, -0.05) is 18.2 Å². The smallest absolute Gasteiger partial charge is 0.182 e. The first kappa shape index (κ1) is 23.0. The van der Waals surface area contributed by atoms with E-state index in [1.54, 1.807) is 7.11 Å². The van der Waals surface area contributed by atoms with Crippen LogP contribution in [0.3, 0.4) is 0 Å². The third-order valence-electron chi connectivity index (χ3n) is 5.66. The van der Waals surface area contributed by atoms with Gasteiger partial charge in [0.15, 0.2) is 5.88 Å². The van der Waals surface area contributed by atoms with Crippen molar-refractivity contribution in [2.24, 2.45) is 0 Å². The quantitative estimate of drug-likeness (QED) is 0.542. The fourth-order valence-corrected chi connectivity index (χ4v) is 3.88. The van der Waals surface area contributed by atoms with Crippen molar-refractivity contribution in [3.63, 3.8) is 0 Å². The van der Waals surface area contributed by atoms with Gasteiger partial charge in [0.25, 0.3) is 0 Å². The molecule has 1 saturated heterocycles. The standard InChI is InChI=1S/C26H36N2O3/c1-19(2)31-25-9-6-22(7-10-25)18-30-21(4)28(24-12-14-27-15-13-24)17-23-8-11-26(29-5)16-20(23)3/h6-11,16,19,24,27H,4,12-15,17-18H2,1-3,5H3. The number of hydrogen-bond acceptors (Lipinski definition) is 5. The zero-order valence-corrected chi connectivity index (χ0v) is 19.3. The third-order valence-corrected chi connectivity index (χ3v) is 5.66. The molecule has 0 atom stereocenters. The van der Waals surface area contributed by atoms with E-state index >= 15 is 0 Å². The highest BCUT2D eigenvalue weighted by molar-refractivity contribution is 5.35. The van der Waals surface area contributed by atoms with Crippen molar-refractivity contribution in [2.45, 2.75) is 58.9 Å². The molecule has 1 N–H and O–H groups in total. The Morgan fingerprint density at radius 1 is 1.10 bits per heavy atom. The summed E-state index contributed by atoms with van der Waals surface area (Å²) in [5.41, 5.74) is 3.58. The first-order valence-electron chi connectivity index (χ1n) is 11.1. The van der Waals surface area contributed by atoms with Gasteiger partial charge in [0.05, 0.1) is 13.2 Å². The molecule has 1 fully saturated rings. The lowest BCUT2D eigenvalue weighted by molar-refractivity contribution is 0.0617. The minimum absolute atomic E-state index is 0.168. The monoisotopic (exact) mass is 424 g/mol. The number of nitrogens with zero attached hydrogens (tertiary/aromatic N) is 1. The number of ether oxygens (including phenoxy) is 3. The second kappa shape index (κ2) is 11.1. The second-order valence-electron chi connectivity index (χ2n) is 8.39. The van der Waals surface area contributed by atoms with E-state index in [1.165, 1.54) is 11.1 Å². The summed E-state index contributed by atoms with van der Waals surface area (Å²) >= 11 is 0. The Morgan fingerprint density at radius 3 is 2.39 bits per heavy atom. The zero-order chi connectivity index (χ0) is 22.2. The van der Waals surface area contributed by atoms with Crippen LogP contribution >= 0.6 is 0 Å². The molecule has 0 aliphatic carbocycles. The molecule has 0 bridgehead atoms. The molecule has 2 aromatic rings. The van der Waals surface area contributed by atoms with Gasteiger partial charge in [0.1, 0.15) is 18.1 Å². The molecule has 1 heterocycles. The maximum absolute atomic E-state index is 6.17. The molecule has 1 aliphatic rings. The molecule has 0 aromatic heterocycles. The number of benzene rings is 2. The van der Waals surface area contributed by atoms with Crippen molar-refractivity contribution in [1.29, 1.82) is 0 Å². The predicted molar refractivity (Wildman–Crippen MR) is 125 cm³/mol. The van der Waals surface area contributed by atoms with Crippen molar-refractivity contribution in [3.05, 3.63) is 71.6 Å². The minimum atomic E-state index is 0.168. The van der Waals surface area contributed by atoms with Crippen LogP contribution in [0.25, 0.3) is 0 Å². The molecule has 168 valence electrons. The van der Waals surface area contributed by atoms with E-state index < -0.39 is 0 Å². The Hall–Kier alpha value is -2.66. The second-order valence-corrected chi connectivity index (χ2v) is 8.39. The van der Waals surface area contributed by atoms with Crippen molar-refractivity contribution in [2.75, 3.05) is 20.2 Å². The normalized spacial score (nSPS) is 14.4. The average Bonchev–Trinajstić information content (AvgIpc) is 2.77. The van der Waals surface area contributed by atoms with Crippen LogP contribution in [-0.2, 0) is 17.9 Å². The number of nitrogens with one attached hydrogen (secondary N) is 1. The van der Waals surface area contributed by atoms with E-state index in [9.17, 15) is 0 Å². The summed E-state index contributed by atoms with van der Waals surface area (Å²) in [7, 11) is 1.70. The molecule has 5 nitrogen and oxygen atoms in total. The minimum Gasteiger partial charge on any atom is -0.497 e. The van der Waals surface area contributed by atoms with Crippen LogP contribution in [0.4, 0.5) is 0 Å². The summed E-state index contributed by atoms with van der Waals surface area (Å²) in [5, 5.41) is 3.45. The van der Waals surface area contributed by atoms with Crippen molar-refractivity contribution in [3.8, 4) is 11.5 Å². The molecular weight excluding hydrogens is 388 g/mol. The first-order chi connectivity index (χ1) is 15.0. The number of aryl methyl sites for hydroxylation is 1. The van der Waals surface area contributed by atoms with E-state index in [1.807, 2.05) is 44.2 Å². The van der Waals surface area contributed by atoms with Crippen LogP contribution in [0.1, 0.15) is 43.4 Å². The zero-order valence-electron chi connectivity index (χ0n) is 19.3. The van der Waals surface area contributed by atoms with Gasteiger partial charge in [-0.3, -0.25) is 0 Å². The molecule has 1 aliphatic heterocycles. The molecule has 0 spiro atoms. The van der Waals surface area contributed by atoms with Crippen LogP contribution in [0.2, 0.25) is 0 Å². The maximum Gasteiger partial charge on any atom is 0.182 e. The summed E-state index contributed by atoms with van der Waals surface area (Å²) in [6, 6.07) is 14.7. The number of hydrogen-bond donors (Lipinski definition) is 1. The van der Waals surface area contributed by atoms with Gasteiger partial charge in [-0.25, -0.2) is 0 Å². The van der Waals surface area contributed by atoms with E-state index in [-0.39, 0.29) is 6.10 Å². The lowest BCUT2D eigenvalue weighted by Crippen LogP contribution is -2.42. The molecule has 31 heavy (non-hydrogen) atoms. The topological polar surface area (TPSA) is 43.0 Å². The Labute approximate surface area is 187 Å². The van der Waals surface area contributed by atoms with Crippen molar-refractivity contribution >= 4 is 0 Å². The van der Waals surface area contributed by atoms with Gasteiger partial charge in [0.2, 0.25) is 0 Å². The highest BCUT2D eigenvalue weighted by Gasteiger charge is 2.24. The lowest BCUT2D eigenvalue weighted by atomic mass is 10.0. The molecule has 0 amide bonds. The van der Waals surface area contributed by atoms with Crippen LogP contribution in [0, 0.1) is 6.92 Å². The summed E-state index contributed by atoms with van der Waals surface area (Å²) in [4.78, 5) is 2.33. The van der Waals surface area contributed by atoms with Gasteiger partial charge in [-0.2, -0.15) is 0 Å². The van der Waals surface area contributed by atoms with Gasteiger partial charge in [-0.05, 0) is 94.2 Å². The van der Waals surface area contributed by atoms with E-state index in [0.29, 0.717) is 12.6 Å². The average molecular weight is 425 g/mol. The Balaban J connectivity index is 1.67. The van der Waals surface area contributed by atoms with Gasteiger partial charge in [0, 0.05) is 12.6 Å². The molecule has 5 heteroatoms. The van der Waals surface area contributed by atoms with Crippen LogP contribution in [-0.4, -0.2) is 37.2 Å². The van der Waals surface area contributed by atoms with E-state index in [0.717, 1.165) is 55.4 Å². The highest BCUT2D eigenvalue weighted by atomic mass is 16.5. The molecule has 0 saturated carbocycles. The highest BCUT2D eigenvalue weighted by Crippen LogP contribution is 2.25. The molecule has 2 aromatic carbocycles. The summed E-state index contributed by atoms with van der Waals surface area (Å²) < 4.78 is 17.3. The molecular formula is C26H36N2O3. The number of rotatable bonds is 10.